The summed E-state index contributed by atoms with van der Waals surface area (Å²) in [6.45, 7) is 6.14. The van der Waals surface area contributed by atoms with E-state index in [4.69, 9.17) is 36.1 Å². The van der Waals surface area contributed by atoms with E-state index in [1.807, 2.05) is 24.3 Å². The lowest BCUT2D eigenvalue weighted by atomic mass is 9.95. The van der Waals surface area contributed by atoms with Crippen LogP contribution in [0.4, 0.5) is 0 Å². The highest BCUT2D eigenvalue weighted by molar-refractivity contribution is 6.30. The number of aliphatic carboxylic acids is 2. The molecule has 7 heteroatoms. The van der Waals surface area contributed by atoms with Crippen LogP contribution in [0.25, 0.3) is 0 Å². The van der Waals surface area contributed by atoms with Crippen molar-refractivity contribution >= 4 is 23.5 Å². The third-order valence-corrected chi connectivity index (χ3v) is 4.50. The Morgan fingerprint density at radius 1 is 1.11 bits per heavy atom. The van der Waals surface area contributed by atoms with E-state index in [0.29, 0.717) is 5.02 Å². The van der Waals surface area contributed by atoms with E-state index in [9.17, 15) is 0 Å². The van der Waals surface area contributed by atoms with Gasteiger partial charge in [0.25, 0.3) is 0 Å². The first-order valence-electron chi connectivity index (χ1n) is 8.47. The maximum absolute atomic E-state index is 9.10. The number of aryl methyl sites for hydroxylation is 2. The lowest BCUT2D eigenvalue weighted by Gasteiger charge is -2.21. The second kappa shape index (κ2) is 9.39. The van der Waals surface area contributed by atoms with Crippen molar-refractivity contribution < 1.29 is 24.5 Å². The van der Waals surface area contributed by atoms with E-state index in [0.717, 1.165) is 25.3 Å². The van der Waals surface area contributed by atoms with Crippen molar-refractivity contribution in [1.82, 2.24) is 5.32 Å². The van der Waals surface area contributed by atoms with Gasteiger partial charge in [-0.3, -0.25) is 0 Å². The van der Waals surface area contributed by atoms with Gasteiger partial charge in [-0.05, 0) is 67.3 Å². The third kappa shape index (κ3) is 5.98. The second-order valence-corrected chi connectivity index (χ2v) is 6.70. The Kier molecular flexibility index (Phi) is 7.21. The van der Waals surface area contributed by atoms with Crippen molar-refractivity contribution in [2.24, 2.45) is 0 Å². The topological polar surface area (TPSA) is 95.9 Å². The van der Waals surface area contributed by atoms with Gasteiger partial charge in [0.15, 0.2) is 0 Å². The van der Waals surface area contributed by atoms with Crippen LogP contribution in [0.1, 0.15) is 28.4 Å². The quantitative estimate of drug-likeness (QED) is 0.679. The molecule has 1 heterocycles. The summed E-state index contributed by atoms with van der Waals surface area (Å²) in [6.07, 6.45) is 1.08. The molecule has 0 aromatic heterocycles. The Bertz CT molecular complexity index is 825. The molecule has 1 atom stereocenters. The zero-order valence-corrected chi connectivity index (χ0v) is 15.9. The van der Waals surface area contributed by atoms with Crippen LogP contribution in [-0.4, -0.2) is 35.2 Å². The number of rotatable bonds is 2. The summed E-state index contributed by atoms with van der Waals surface area (Å²) >= 11 is 6.05. The Morgan fingerprint density at radius 3 is 2.41 bits per heavy atom. The second-order valence-electron chi connectivity index (χ2n) is 6.26. The fourth-order valence-corrected chi connectivity index (χ4v) is 2.97. The van der Waals surface area contributed by atoms with Gasteiger partial charge in [-0.1, -0.05) is 29.8 Å². The molecule has 0 saturated carbocycles. The standard InChI is InChI=1S/C18H20ClNO.C2H2O4/c1-12-8-14-6-7-20-11-18(17(14)9-13(12)2)21-16-5-3-4-15(19)10-16;3-1(4)2(5)6/h3-5,8-10,18,20H,6-7,11H2,1-2H3;(H,3,4)(H,5,6). The zero-order valence-electron chi connectivity index (χ0n) is 15.2. The monoisotopic (exact) mass is 391 g/mol. The van der Waals surface area contributed by atoms with Gasteiger partial charge in [0, 0.05) is 11.6 Å². The van der Waals surface area contributed by atoms with Crippen LogP contribution in [0.2, 0.25) is 5.02 Å². The van der Waals surface area contributed by atoms with Crippen LogP contribution < -0.4 is 10.1 Å². The first-order valence-corrected chi connectivity index (χ1v) is 8.85. The summed E-state index contributed by atoms with van der Waals surface area (Å²) in [5, 5.41) is 18.9. The van der Waals surface area contributed by atoms with Gasteiger partial charge in [-0.25, -0.2) is 9.59 Å². The molecular weight excluding hydrogens is 370 g/mol. The van der Waals surface area contributed by atoms with E-state index < -0.39 is 11.9 Å². The predicted octanol–water partition coefficient (Wildman–Crippen LogP) is 3.38. The van der Waals surface area contributed by atoms with Crippen molar-refractivity contribution in [3.05, 3.63) is 63.7 Å². The number of fused-ring (bicyclic) bond motifs is 1. The Morgan fingerprint density at radius 2 is 1.78 bits per heavy atom. The van der Waals surface area contributed by atoms with Gasteiger partial charge in [-0.15, -0.1) is 0 Å². The minimum Gasteiger partial charge on any atom is -0.484 e. The summed E-state index contributed by atoms with van der Waals surface area (Å²) in [4.78, 5) is 18.2. The highest BCUT2D eigenvalue weighted by atomic mass is 35.5. The van der Waals surface area contributed by atoms with Gasteiger partial charge in [-0.2, -0.15) is 0 Å². The molecule has 0 bridgehead atoms. The maximum atomic E-state index is 9.10. The molecule has 0 amide bonds. The summed E-state index contributed by atoms with van der Waals surface area (Å²) < 4.78 is 6.19. The zero-order chi connectivity index (χ0) is 20.0. The van der Waals surface area contributed by atoms with Crippen LogP contribution in [-0.2, 0) is 16.0 Å². The van der Waals surface area contributed by atoms with Crippen molar-refractivity contribution in [1.29, 1.82) is 0 Å². The minimum atomic E-state index is -1.82. The molecular formula is C20H22ClNO5. The smallest absolute Gasteiger partial charge is 0.414 e. The molecule has 3 rings (SSSR count). The van der Waals surface area contributed by atoms with Gasteiger partial charge in [0.2, 0.25) is 0 Å². The van der Waals surface area contributed by atoms with Crippen LogP contribution in [0, 0.1) is 13.8 Å². The molecule has 0 spiro atoms. The third-order valence-electron chi connectivity index (χ3n) is 4.26. The maximum Gasteiger partial charge on any atom is 0.414 e. The molecule has 6 nitrogen and oxygen atoms in total. The first kappa shape index (κ1) is 20.7. The predicted molar refractivity (Wildman–Crippen MR) is 103 cm³/mol. The van der Waals surface area contributed by atoms with Gasteiger partial charge in [0.1, 0.15) is 11.9 Å². The number of nitrogens with one attached hydrogen (secondary N) is 1. The number of benzene rings is 2. The minimum absolute atomic E-state index is 0.0280. The number of ether oxygens (including phenoxy) is 1. The molecule has 27 heavy (non-hydrogen) atoms. The molecule has 1 aliphatic rings. The number of carboxylic acid groups (broad SMARTS) is 2. The largest absolute Gasteiger partial charge is 0.484 e. The molecule has 2 aromatic carbocycles. The van der Waals surface area contributed by atoms with E-state index in [1.165, 1.54) is 22.3 Å². The summed E-state index contributed by atoms with van der Waals surface area (Å²) in [5.74, 6) is -2.83. The molecule has 0 saturated heterocycles. The Labute approximate surface area is 162 Å². The van der Waals surface area contributed by atoms with Crippen LogP contribution in [0.5, 0.6) is 5.75 Å². The van der Waals surface area contributed by atoms with E-state index >= 15 is 0 Å². The lowest BCUT2D eigenvalue weighted by molar-refractivity contribution is -0.159. The molecule has 2 aromatic rings. The van der Waals surface area contributed by atoms with Crippen LogP contribution in [0.3, 0.4) is 0 Å². The number of halogens is 1. The van der Waals surface area contributed by atoms with E-state index in [-0.39, 0.29) is 6.10 Å². The van der Waals surface area contributed by atoms with Gasteiger partial charge < -0.3 is 20.3 Å². The molecule has 0 fully saturated rings. The molecule has 3 N–H and O–H groups in total. The van der Waals surface area contributed by atoms with Crippen molar-refractivity contribution in [2.45, 2.75) is 26.4 Å². The molecule has 1 unspecified atom stereocenters. The highest BCUT2D eigenvalue weighted by Crippen LogP contribution is 2.29. The number of carboxylic acids is 2. The van der Waals surface area contributed by atoms with Gasteiger partial charge >= 0.3 is 11.9 Å². The molecule has 0 radical (unpaired) electrons. The molecule has 0 aliphatic carbocycles. The van der Waals surface area contributed by atoms with E-state index in [1.54, 1.807) is 0 Å². The fraction of sp³-hybridized carbons (Fsp3) is 0.300. The van der Waals surface area contributed by atoms with Crippen LogP contribution in [0.15, 0.2) is 36.4 Å². The van der Waals surface area contributed by atoms with E-state index in [2.05, 4.69) is 31.3 Å². The first-order chi connectivity index (χ1) is 12.8. The number of hydrogen-bond acceptors (Lipinski definition) is 4. The normalized spacial score (nSPS) is 15.6. The number of hydrogen-bond donors (Lipinski definition) is 3. The van der Waals surface area contributed by atoms with Crippen molar-refractivity contribution in [2.75, 3.05) is 13.1 Å². The van der Waals surface area contributed by atoms with Crippen molar-refractivity contribution in [3.8, 4) is 5.75 Å². The number of carbonyl (C=O) groups is 2. The Hall–Kier alpha value is -2.57. The SMILES string of the molecule is Cc1cc2c(cc1C)C(Oc1cccc(Cl)c1)CNCC2.O=C(O)C(=O)O. The summed E-state index contributed by atoms with van der Waals surface area (Å²) in [6, 6.07) is 12.2. The molecule has 1 aliphatic heterocycles. The molecule has 144 valence electrons. The fourth-order valence-electron chi connectivity index (χ4n) is 2.79. The van der Waals surface area contributed by atoms with Crippen molar-refractivity contribution in [3.63, 3.8) is 0 Å². The average molecular weight is 392 g/mol. The summed E-state index contributed by atoms with van der Waals surface area (Å²) in [5.41, 5.74) is 5.34. The van der Waals surface area contributed by atoms with Crippen LogP contribution >= 0.6 is 11.6 Å². The highest BCUT2D eigenvalue weighted by Gasteiger charge is 2.21. The van der Waals surface area contributed by atoms with Gasteiger partial charge in [0.05, 0.1) is 0 Å². The Balaban J connectivity index is 0.000000380. The lowest BCUT2D eigenvalue weighted by Crippen LogP contribution is -2.23. The summed E-state index contributed by atoms with van der Waals surface area (Å²) in [7, 11) is 0. The average Bonchev–Trinajstić information content (AvgIpc) is 2.78.